The van der Waals surface area contributed by atoms with E-state index in [9.17, 15) is 9.59 Å². The molecule has 2 amide bonds. The quantitative estimate of drug-likeness (QED) is 0.477. The van der Waals surface area contributed by atoms with Gasteiger partial charge in [0, 0.05) is 41.4 Å². The molecule has 2 aromatic heterocycles. The molecule has 0 spiro atoms. The van der Waals surface area contributed by atoms with Crippen molar-refractivity contribution in [3.8, 4) is 11.4 Å². The minimum Gasteiger partial charge on any atom is -0.366 e. The van der Waals surface area contributed by atoms with Crippen LogP contribution in [0.25, 0.3) is 22.3 Å². The van der Waals surface area contributed by atoms with E-state index in [1.807, 2.05) is 30.5 Å². The second-order valence-electron chi connectivity index (χ2n) is 6.28. The lowest BCUT2D eigenvalue weighted by Crippen LogP contribution is -2.13. The zero-order valence-electron chi connectivity index (χ0n) is 14.8. The van der Waals surface area contributed by atoms with Gasteiger partial charge in [0.1, 0.15) is 0 Å². The van der Waals surface area contributed by atoms with E-state index in [1.54, 1.807) is 24.3 Å². The molecule has 2 heterocycles. The fourth-order valence-corrected chi connectivity index (χ4v) is 2.82. The van der Waals surface area contributed by atoms with E-state index < -0.39 is 5.91 Å². The highest BCUT2D eigenvalue weighted by Gasteiger charge is 2.12. The Bertz CT molecular complexity index is 1140. The van der Waals surface area contributed by atoms with Crippen LogP contribution >= 0.6 is 0 Å². The molecular formula is C20H17N5O3. The number of nitrogens with two attached hydrogens (primary N) is 1. The van der Waals surface area contributed by atoms with Crippen molar-refractivity contribution in [3.63, 3.8) is 0 Å². The second-order valence-corrected chi connectivity index (χ2v) is 6.28. The molecule has 0 saturated carbocycles. The molecule has 0 saturated heterocycles. The second kappa shape index (κ2) is 7.36. The summed E-state index contributed by atoms with van der Waals surface area (Å²) >= 11 is 0. The van der Waals surface area contributed by atoms with Crippen LogP contribution in [0.2, 0.25) is 0 Å². The molecule has 0 radical (unpaired) electrons. The molecule has 4 aromatic rings. The Hall–Kier alpha value is -3.94. The highest BCUT2D eigenvalue weighted by Crippen LogP contribution is 2.21. The predicted octanol–water partition coefficient (Wildman–Crippen LogP) is 2.89. The molecule has 0 bridgehead atoms. The van der Waals surface area contributed by atoms with Crippen LogP contribution in [0.3, 0.4) is 0 Å². The van der Waals surface area contributed by atoms with E-state index in [0.717, 1.165) is 16.5 Å². The Morgan fingerprint density at radius 1 is 1.11 bits per heavy atom. The van der Waals surface area contributed by atoms with Gasteiger partial charge in [-0.3, -0.25) is 9.59 Å². The van der Waals surface area contributed by atoms with Crippen LogP contribution in [-0.4, -0.2) is 26.9 Å². The summed E-state index contributed by atoms with van der Waals surface area (Å²) in [7, 11) is 0. The Morgan fingerprint density at radius 3 is 2.71 bits per heavy atom. The first-order chi connectivity index (χ1) is 13.6. The number of aromatic amines is 1. The van der Waals surface area contributed by atoms with E-state index in [1.165, 1.54) is 0 Å². The summed E-state index contributed by atoms with van der Waals surface area (Å²) in [6, 6.07) is 14.2. The van der Waals surface area contributed by atoms with Crippen LogP contribution in [0.15, 0.2) is 59.3 Å². The average molecular weight is 375 g/mol. The Balaban J connectivity index is 1.36. The fourth-order valence-electron chi connectivity index (χ4n) is 2.82. The molecule has 0 atom stereocenters. The molecular weight excluding hydrogens is 358 g/mol. The van der Waals surface area contributed by atoms with Gasteiger partial charge >= 0.3 is 0 Å². The van der Waals surface area contributed by atoms with Gasteiger partial charge in [-0.1, -0.05) is 17.3 Å². The van der Waals surface area contributed by atoms with Gasteiger partial charge in [0.2, 0.25) is 23.5 Å². The third-order valence-electron chi connectivity index (χ3n) is 4.30. The van der Waals surface area contributed by atoms with Crippen molar-refractivity contribution < 1.29 is 14.1 Å². The summed E-state index contributed by atoms with van der Waals surface area (Å²) < 4.78 is 5.25. The van der Waals surface area contributed by atoms with Crippen LogP contribution in [0.4, 0.5) is 5.69 Å². The summed E-state index contributed by atoms with van der Waals surface area (Å²) in [5, 5.41) is 7.84. The van der Waals surface area contributed by atoms with Crippen LogP contribution in [-0.2, 0) is 11.2 Å². The zero-order chi connectivity index (χ0) is 19.5. The van der Waals surface area contributed by atoms with Gasteiger partial charge in [0.15, 0.2) is 0 Å². The van der Waals surface area contributed by atoms with E-state index in [0.29, 0.717) is 29.4 Å². The number of H-pyrrole nitrogens is 1. The Labute approximate surface area is 159 Å². The number of aryl methyl sites for hydroxylation is 1. The Kier molecular flexibility index (Phi) is 4.59. The van der Waals surface area contributed by atoms with Crippen LogP contribution < -0.4 is 11.1 Å². The summed E-state index contributed by atoms with van der Waals surface area (Å²) in [6.07, 6.45) is 2.38. The van der Waals surface area contributed by atoms with E-state index >= 15 is 0 Å². The lowest BCUT2D eigenvalue weighted by atomic mass is 10.1. The zero-order valence-corrected chi connectivity index (χ0v) is 14.8. The molecule has 8 heteroatoms. The number of benzene rings is 2. The van der Waals surface area contributed by atoms with Crippen molar-refractivity contribution in [2.75, 3.05) is 5.32 Å². The number of nitrogens with zero attached hydrogens (tertiary/aromatic N) is 2. The monoisotopic (exact) mass is 375 g/mol. The molecule has 140 valence electrons. The number of nitrogens with one attached hydrogen (secondary N) is 2. The molecule has 8 nitrogen and oxygen atoms in total. The normalized spacial score (nSPS) is 10.9. The van der Waals surface area contributed by atoms with Crippen molar-refractivity contribution in [3.05, 3.63) is 66.2 Å². The van der Waals surface area contributed by atoms with Gasteiger partial charge < -0.3 is 20.6 Å². The third kappa shape index (κ3) is 3.75. The number of amides is 2. The fraction of sp³-hybridized carbons (Fsp3) is 0.100. The predicted molar refractivity (Wildman–Crippen MR) is 104 cm³/mol. The van der Waals surface area contributed by atoms with Gasteiger partial charge in [-0.25, -0.2) is 0 Å². The molecule has 2 aromatic carbocycles. The summed E-state index contributed by atoms with van der Waals surface area (Å²) in [5.41, 5.74) is 7.99. The molecule has 0 unspecified atom stereocenters. The topological polar surface area (TPSA) is 127 Å². The maximum Gasteiger partial charge on any atom is 0.248 e. The van der Waals surface area contributed by atoms with Gasteiger partial charge in [-0.05, 0) is 41.8 Å². The van der Waals surface area contributed by atoms with Crippen LogP contribution in [0, 0.1) is 0 Å². The Morgan fingerprint density at radius 2 is 1.93 bits per heavy atom. The highest BCUT2D eigenvalue weighted by molar-refractivity contribution is 5.94. The SMILES string of the molecule is NC(=O)c1ccc(NC(=O)CCc2nc(-c3ccc4cc[nH]c4c3)no2)cc1. The van der Waals surface area contributed by atoms with Crippen molar-refractivity contribution in [1.82, 2.24) is 15.1 Å². The standard InChI is InChI=1S/C20H17N5O3/c21-19(27)13-3-5-15(6-4-13)23-17(26)7-8-18-24-20(25-28-18)14-2-1-12-9-10-22-16(12)11-14/h1-6,9-11,22H,7-8H2,(H2,21,27)(H,23,26). The molecule has 0 aliphatic rings. The number of hydrogen-bond acceptors (Lipinski definition) is 5. The molecule has 4 rings (SSSR count). The lowest BCUT2D eigenvalue weighted by molar-refractivity contribution is -0.116. The van der Waals surface area contributed by atoms with E-state index in [4.69, 9.17) is 10.3 Å². The average Bonchev–Trinajstić information content (AvgIpc) is 3.35. The molecule has 28 heavy (non-hydrogen) atoms. The third-order valence-corrected chi connectivity index (χ3v) is 4.30. The number of carbonyl (C=O) groups is 2. The maximum atomic E-state index is 12.1. The van der Waals surface area contributed by atoms with Gasteiger partial charge in [-0.2, -0.15) is 4.98 Å². The first-order valence-electron chi connectivity index (χ1n) is 8.68. The minimum atomic E-state index is -0.513. The molecule has 0 aliphatic heterocycles. The number of fused-ring (bicyclic) bond motifs is 1. The molecule has 0 fully saturated rings. The minimum absolute atomic E-state index is 0.189. The number of anilines is 1. The number of aromatic nitrogens is 3. The summed E-state index contributed by atoms with van der Waals surface area (Å²) in [5.74, 6) is 0.162. The van der Waals surface area contributed by atoms with Crippen molar-refractivity contribution >= 4 is 28.4 Å². The highest BCUT2D eigenvalue weighted by atomic mass is 16.5. The largest absolute Gasteiger partial charge is 0.366 e. The number of hydrogen-bond donors (Lipinski definition) is 3. The van der Waals surface area contributed by atoms with E-state index in [-0.39, 0.29) is 12.3 Å². The van der Waals surface area contributed by atoms with Gasteiger partial charge in [0.25, 0.3) is 0 Å². The first-order valence-corrected chi connectivity index (χ1v) is 8.68. The van der Waals surface area contributed by atoms with Crippen molar-refractivity contribution in [2.24, 2.45) is 5.73 Å². The number of carbonyl (C=O) groups excluding carboxylic acids is 2. The number of primary amides is 1. The summed E-state index contributed by atoms with van der Waals surface area (Å²) in [6.45, 7) is 0. The summed E-state index contributed by atoms with van der Waals surface area (Å²) in [4.78, 5) is 30.7. The van der Waals surface area contributed by atoms with Crippen LogP contribution in [0.1, 0.15) is 22.7 Å². The first kappa shape index (κ1) is 17.5. The van der Waals surface area contributed by atoms with Crippen LogP contribution in [0.5, 0.6) is 0 Å². The van der Waals surface area contributed by atoms with Gasteiger partial charge in [0.05, 0.1) is 0 Å². The van der Waals surface area contributed by atoms with Crippen molar-refractivity contribution in [1.29, 1.82) is 0 Å². The van der Waals surface area contributed by atoms with Crippen molar-refractivity contribution in [2.45, 2.75) is 12.8 Å². The van der Waals surface area contributed by atoms with Gasteiger partial charge in [-0.15, -0.1) is 0 Å². The van der Waals surface area contributed by atoms with E-state index in [2.05, 4.69) is 20.4 Å². The lowest BCUT2D eigenvalue weighted by Gasteiger charge is -2.04. The molecule has 4 N–H and O–H groups in total. The number of rotatable bonds is 6. The maximum absolute atomic E-state index is 12.1. The smallest absolute Gasteiger partial charge is 0.248 e. The molecule has 0 aliphatic carbocycles.